The van der Waals surface area contributed by atoms with Crippen LogP contribution in [0.1, 0.15) is 37.7 Å². The monoisotopic (exact) mass is 330 g/mol. The summed E-state index contributed by atoms with van der Waals surface area (Å²) in [4.78, 5) is 6.62. The molecule has 1 aliphatic carbocycles. The van der Waals surface area contributed by atoms with E-state index in [1.807, 2.05) is 12.3 Å². The van der Waals surface area contributed by atoms with E-state index in [-0.39, 0.29) is 0 Å². The van der Waals surface area contributed by atoms with Crippen molar-refractivity contribution in [2.45, 2.75) is 44.7 Å². The molecule has 0 saturated heterocycles. The molecule has 0 bridgehead atoms. The summed E-state index contributed by atoms with van der Waals surface area (Å²) in [6, 6.07) is 2.76. The second kappa shape index (κ2) is 7.46. The Balaban J connectivity index is 2.03. The van der Waals surface area contributed by atoms with Crippen molar-refractivity contribution >= 4 is 27.5 Å². The van der Waals surface area contributed by atoms with E-state index in [0.29, 0.717) is 0 Å². The van der Waals surface area contributed by atoms with Gasteiger partial charge in [0, 0.05) is 36.9 Å². The first kappa shape index (κ1) is 14.3. The quantitative estimate of drug-likeness (QED) is 0.749. The van der Waals surface area contributed by atoms with Gasteiger partial charge in [-0.2, -0.15) is 0 Å². The highest BCUT2D eigenvalue weighted by Crippen LogP contribution is 2.25. The Kier molecular flexibility index (Phi) is 5.93. The number of halogens is 2. The van der Waals surface area contributed by atoms with Crippen molar-refractivity contribution in [2.24, 2.45) is 0 Å². The highest BCUT2D eigenvalue weighted by molar-refractivity contribution is 9.09. The molecule has 1 fully saturated rings. The van der Waals surface area contributed by atoms with Gasteiger partial charge in [0.05, 0.1) is 5.02 Å². The molecule has 0 N–H and O–H groups in total. The van der Waals surface area contributed by atoms with E-state index in [1.165, 1.54) is 37.7 Å². The summed E-state index contributed by atoms with van der Waals surface area (Å²) in [7, 11) is 0. The third-order valence-electron chi connectivity index (χ3n) is 3.69. The molecule has 1 saturated carbocycles. The first-order chi connectivity index (χ1) is 8.81. The number of aromatic nitrogens is 1. The second-order valence-electron chi connectivity index (χ2n) is 4.92. The van der Waals surface area contributed by atoms with Crippen molar-refractivity contribution < 1.29 is 0 Å². The van der Waals surface area contributed by atoms with E-state index in [2.05, 4.69) is 25.8 Å². The van der Waals surface area contributed by atoms with Crippen LogP contribution in [0.25, 0.3) is 0 Å². The number of pyridine rings is 1. The summed E-state index contributed by atoms with van der Waals surface area (Å²) in [6.45, 7) is 2.03. The van der Waals surface area contributed by atoms with Gasteiger partial charge in [-0.3, -0.25) is 9.88 Å². The first-order valence-corrected chi connectivity index (χ1v) is 8.19. The number of rotatable bonds is 5. The zero-order chi connectivity index (χ0) is 12.8. The molecule has 2 rings (SSSR count). The van der Waals surface area contributed by atoms with Gasteiger partial charge in [0.15, 0.2) is 0 Å². The Morgan fingerprint density at radius 1 is 1.33 bits per heavy atom. The Labute approximate surface area is 123 Å². The van der Waals surface area contributed by atoms with Gasteiger partial charge in [0.25, 0.3) is 0 Å². The SMILES string of the molecule is Clc1cnccc1CN(CCBr)C1CCCCC1. The minimum absolute atomic E-state index is 0.723. The third kappa shape index (κ3) is 3.94. The molecule has 0 atom stereocenters. The van der Waals surface area contributed by atoms with Crippen LogP contribution >= 0.6 is 27.5 Å². The Bertz CT molecular complexity index is 367. The van der Waals surface area contributed by atoms with E-state index >= 15 is 0 Å². The van der Waals surface area contributed by atoms with Crippen molar-refractivity contribution in [1.82, 2.24) is 9.88 Å². The predicted octanol–water partition coefficient (Wildman–Crippen LogP) is 4.26. The van der Waals surface area contributed by atoms with Crippen LogP contribution in [-0.2, 0) is 6.54 Å². The number of nitrogens with zero attached hydrogens (tertiary/aromatic N) is 2. The molecule has 2 nitrogen and oxygen atoms in total. The van der Waals surface area contributed by atoms with Crippen LogP contribution in [0.4, 0.5) is 0 Å². The number of alkyl halides is 1. The Morgan fingerprint density at radius 3 is 2.78 bits per heavy atom. The van der Waals surface area contributed by atoms with Gasteiger partial charge in [0.1, 0.15) is 0 Å². The summed E-state index contributed by atoms with van der Waals surface area (Å²) >= 11 is 9.77. The van der Waals surface area contributed by atoms with Crippen LogP contribution < -0.4 is 0 Å². The van der Waals surface area contributed by atoms with E-state index in [9.17, 15) is 0 Å². The van der Waals surface area contributed by atoms with Gasteiger partial charge in [-0.15, -0.1) is 0 Å². The Morgan fingerprint density at radius 2 is 2.11 bits per heavy atom. The zero-order valence-corrected chi connectivity index (χ0v) is 13.0. The summed E-state index contributed by atoms with van der Waals surface area (Å²) in [5.74, 6) is 0. The zero-order valence-electron chi connectivity index (χ0n) is 10.6. The van der Waals surface area contributed by atoms with Crippen molar-refractivity contribution in [3.8, 4) is 0 Å². The maximum absolute atomic E-state index is 6.21. The molecule has 0 amide bonds. The second-order valence-corrected chi connectivity index (χ2v) is 6.12. The highest BCUT2D eigenvalue weighted by Gasteiger charge is 2.21. The average Bonchev–Trinajstić information content (AvgIpc) is 2.42. The largest absolute Gasteiger partial charge is 0.295 e. The number of hydrogen-bond donors (Lipinski definition) is 0. The molecule has 1 aromatic heterocycles. The lowest BCUT2D eigenvalue weighted by molar-refractivity contribution is 0.158. The summed E-state index contributed by atoms with van der Waals surface area (Å²) in [5.41, 5.74) is 1.19. The van der Waals surface area contributed by atoms with E-state index in [1.54, 1.807) is 6.20 Å². The van der Waals surface area contributed by atoms with Crippen molar-refractivity contribution in [2.75, 3.05) is 11.9 Å². The molecule has 0 spiro atoms. The molecule has 0 radical (unpaired) electrons. The molecule has 0 unspecified atom stereocenters. The lowest BCUT2D eigenvalue weighted by Gasteiger charge is -2.34. The van der Waals surface area contributed by atoms with Gasteiger partial charge >= 0.3 is 0 Å². The van der Waals surface area contributed by atoms with Crippen LogP contribution in [0.2, 0.25) is 5.02 Å². The fourth-order valence-electron chi connectivity index (χ4n) is 2.70. The molecular weight excluding hydrogens is 312 g/mol. The molecule has 1 aromatic rings. The lowest BCUT2D eigenvalue weighted by atomic mass is 9.94. The topological polar surface area (TPSA) is 16.1 Å². The average molecular weight is 332 g/mol. The van der Waals surface area contributed by atoms with Crippen LogP contribution in [0.3, 0.4) is 0 Å². The molecule has 100 valence electrons. The molecule has 4 heteroatoms. The van der Waals surface area contributed by atoms with Gasteiger partial charge in [0.2, 0.25) is 0 Å². The molecular formula is C14H20BrClN2. The highest BCUT2D eigenvalue weighted by atomic mass is 79.9. The maximum Gasteiger partial charge on any atom is 0.0634 e. The third-order valence-corrected chi connectivity index (χ3v) is 4.39. The molecule has 18 heavy (non-hydrogen) atoms. The van der Waals surface area contributed by atoms with Gasteiger partial charge in [-0.05, 0) is 24.5 Å². The van der Waals surface area contributed by atoms with Crippen LogP contribution in [0.5, 0.6) is 0 Å². The summed E-state index contributed by atoms with van der Waals surface area (Å²) in [6.07, 6.45) is 10.4. The van der Waals surface area contributed by atoms with Crippen molar-refractivity contribution in [3.05, 3.63) is 29.0 Å². The first-order valence-electron chi connectivity index (χ1n) is 6.69. The smallest absolute Gasteiger partial charge is 0.0634 e. The van der Waals surface area contributed by atoms with Crippen molar-refractivity contribution in [3.63, 3.8) is 0 Å². The fraction of sp³-hybridized carbons (Fsp3) is 0.643. The van der Waals surface area contributed by atoms with E-state index in [4.69, 9.17) is 11.6 Å². The lowest BCUT2D eigenvalue weighted by Crippen LogP contribution is -2.37. The number of hydrogen-bond acceptors (Lipinski definition) is 2. The molecule has 1 heterocycles. The Hall–Kier alpha value is -0.120. The van der Waals surface area contributed by atoms with E-state index in [0.717, 1.165) is 29.5 Å². The molecule has 1 aliphatic rings. The summed E-state index contributed by atoms with van der Waals surface area (Å²) in [5, 5.41) is 1.81. The molecule has 0 aromatic carbocycles. The standard InChI is InChI=1S/C14H20BrClN2/c15-7-9-18(13-4-2-1-3-5-13)11-12-6-8-17-10-14(12)16/h6,8,10,13H,1-5,7,9,11H2. The van der Waals surface area contributed by atoms with Crippen LogP contribution in [0, 0.1) is 0 Å². The van der Waals surface area contributed by atoms with Gasteiger partial charge in [-0.25, -0.2) is 0 Å². The van der Waals surface area contributed by atoms with Crippen LogP contribution in [0.15, 0.2) is 18.5 Å². The van der Waals surface area contributed by atoms with Gasteiger partial charge in [-0.1, -0.05) is 46.8 Å². The minimum atomic E-state index is 0.723. The van der Waals surface area contributed by atoms with Gasteiger partial charge < -0.3 is 0 Å². The summed E-state index contributed by atoms with van der Waals surface area (Å²) < 4.78 is 0. The molecule has 0 aliphatic heterocycles. The predicted molar refractivity (Wildman–Crippen MR) is 80.3 cm³/mol. The normalized spacial score (nSPS) is 17.3. The maximum atomic E-state index is 6.21. The fourth-order valence-corrected chi connectivity index (χ4v) is 3.33. The van der Waals surface area contributed by atoms with Crippen LogP contribution in [-0.4, -0.2) is 27.8 Å². The minimum Gasteiger partial charge on any atom is -0.295 e. The van der Waals surface area contributed by atoms with E-state index < -0.39 is 0 Å². The van der Waals surface area contributed by atoms with Crippen molar-refractivity contribution in [1.29, 1.82) is 0 Å².